The number of hydrogen-bond donors (Lipinski definition) is 0. The third kappa shape index (κ3) is 6.22. The van der Waals surface area contributed by atoms with Crippen molar-refractivity contribution in [2.75, 3.05) is 4.90 Å². The summed E-state index contributed by atoms with van der Waals surface area (Å²) in [6, 6.07) is 56.3. The Morgan fingerprint density at radius 1 is 0.691 bits per heavy atom. The predicted molar refractivity (Wildman–Crippen MR) is 239 cm³/mol. The molecule has 6 aromatic carbocycles. The molecule has 2 aliphatic rings. The molecule has 1 nitrogen and oxygen atoms in total. The van der Waals surface area contributed by atoms with Crippen molar-refractivity contribution in [1.82, 2.24) is 0 Å². The molecule has 7 aromatic rings. The second-order valence-electron chi connectivity index (χ2n) is 17.9. The van der Waals surface area contributed by atoms with Gasteiger partial charge < -0.3 is 4.90 Å². The summed E-state index contributed by atoms with van der Waals surface area (Å²) in [5, 5.41) is 1.33. The molecule has 1 aromatic heterocycles. The van der Waals surface area contributed by atoms with Gasteiger partial charge in [0, 0.05) is 16.1 Å². The van der Waals surface area contributed by atoms with Gasteiger partial charge in [0.05, 0.1) is 5.69 Å². The summed E-state index contributed by atoms with van der Waals surface area (Å²) >= 11 is 1.97. The fraction of sp³-hybridized carbons (Fsp3) is 0.231. The minimum Gasteiger partial charge on any atom is -0.303 e. The third-order valence-corrected chi connectivity index (χ3v) is 13.5. The summed E-state index contributed by atoms with van der Waals surface area (Å²) in [5.74, 6) is 0. The van der Waals surface area contributed by atoms with E-state index in [-0.39, 0.29) is 23.0 Å². The van der Waals surface area contributed by atoms with Crippen LogP contribution in [0.15, 0.2) is 133 Å². The number of benzene rings is 5. The number of fused-ring (bicyclic) bond motifs is 5. The number of anilines is 3. The molecule has 0 bridgehead atoms. The molecular formula is C52H48BNS. The molecule has 0 N–H and O–H groups in total. The van der Waals surface area contributed by atoms with E-state index >= 15 is 0 Å². The van der Waals surface area contributed by atoms with Crippen LogP contribution < -0.4 is 20.6 Å². The number of rotatable bonds is 5. The van der Waals surface area contributed by atoms with Gasteiger partial charge >= 0.3 is 0 Å². The van der Waals surface area contributed by atoms with E-state index in [2.05, 4.69) is 193 Å². The summed E-state index contributed by atoms with van der Waals surface area (Å²) in [6.07, 6.45) is 4.88. The van der Waals surface area contributed by atoms with Gasteiger partial charge in [-0.05, 0) is 133 Å². The molecule has 0 atom stereocenters. The Balaban J connectivity index is 1.33. The molecule has 2 heterocycles. The van der Waals surface area contributed by atoms with Gasteiger partial charge in [-0.25, -0.2) is 0 Å². The van der Waals surface area contributed by atoms with Crippen LogP contribution in [0.3, 0.4) is 0 Å². The lowest BCUT2D eigenvalue weighted by atomic mass is 9.38. The molecule has 0 radical (unpaired) electrons. The quantitative estimate of drug-likeness (QED) is 0.159. The van der Waals surface area contributed by atoms with Crippen molar-refractivity contribution in [3.05, 3.63) is 179 Å². The molecule has 9 rings (SSSR count). The molecular weight excluding hydrogens is 681 g/mol. The van der Waals surface area contributed by atoms with Crippen LogP contribution in [0.5, 0.6) is 0 Å². The van der Waals surface area contributed by atoms with Crippen molar-refractivity contribution < 1.29 is 0 Å². The van der Waals surface area contributed by atoms with Crippen molar-refractivity contribution in [2.45, 2.75) is 77.6 Å². The predicted octanol–water partition coefficient (Wildman–Crippen LogP) is 12.0. The van der Waals surface area contributed by atoms with Gasteiger partial charge in [-0.3, -0.25) is 0 Å². The molecule has 0 unspecified atom stereocenters. The highest BCUT2D eigenvalue weighted by molar-refractivity contribution is 7.32. The van der Waals surface area contributed by atoms with Crippen molar-refractivity contribution in [1.29, 1.82) is 0 Å². The Hall–Kier alpha value is -5.30. The molecule has 0 saturated carbocycles. The molecule has 0 spiro atoms. The molecule has 0 amide bonds. The zero-order valence-electron chi connectivity index (χ0n) is 33.1. The van der Waals surface area contributed by atoms with Crippen LogP contribution in [-0.4, -0.2) is 6.71 Å². The Morgan fingerprint density at radius 3 is 2.15 bits per heavy atom. The minimum atomic E-state index is 0.0620. The molecule has 0 saturated heterocycles. The molecule has 1 aliphatic heterocycles. The molecule has 1 aliphatic carbocycles. The average molecular weight is 730 g/mol. The SMILES string of the molecule is CC(C)(C)c1ccc(C2=Cc3cc(N(c4c#cccc4)c4ccccc4)ccc3B(c3ccc4c(c3)C(C)(C)CCC4(C)C)c3sc4ccccc4c32)cc1. The monoisotopic (exact) mass is 729 g/mol. The van der Waals surface area contributed by atoms with Crippen LogP contribution in [-0.2, 0) is 16.2 Å². The van der Waals surface area contributed by atoms with E-state index in [1.54, 1.807) is 0 Å². The number of nitrogens with zero attached hydrogens (tertiary/aromatic N) is 1. The van der Waals surface area contributed by atoms with Gasteiger partial charge in [0.25, 0.3) is 6.71 Å². The van der Waals surface area contributed by atoms with E-state index in [1.165, 1.54) is 77.6 Å². The van der Waals surface area contributed by atoms with E-state index in [9.17, 15) is 0 Å². The normalized spacial score (nSPS) is 15.6. The first-order valence-corrected chi connectivity index (χ1v) is 20.6. The summed E-state index contributed by atoms with van der Waals surface area (Å²) in [4.78, 5) is 2.30. The van der Waals surface area contributed by atoms with Crippen LogP contribution in [0.25, 0.3) is 21.7 Å². The highest BCUT2D eigenvalue weighted by Crippen LogP contribution is 2.46. The summed E-state index contributed by atoms with van der Waals surface area (Å²) in [6.45, 7) is 16.7. The molecule has 270 valence electrons. The summed E-state index contributed by atoms with van der Waals surface area (Å²) < 4.78 is 2.75. The van der Waals surface area contributed by atoms with Gasteiger partial charge in [0.15, 0.2) is 0 Å². The first-order chi connectivity index (χ1) is 26.4. The van der Waals surface area contributed by atoms with Crippen molar-refractivity contribution in [3.8, 4) is 0 Å². The smallest absolute Gasteiger partial charge is 0.255 e. The Labute approximate surface area is 332 Å². The van der Waals surface area contributed by atoms with Crippen LogP contribution in [0.2, 0.25) is 0 Å². The molecule has 55 heavy (non-hydrogen) atoms. The first kappa shape index (κ1) is 35.4. The fourth-order valence-electron chi connectivity index (χ4n) is 8.98. The van der Waals surface area contributed by atoms with E-state index in [4.69, 9.17) is 0 Å². The van der Waals surface area contributed by atoms with Gasteiger partial charge in [-0.1, -0.05) is 156 Å². The lowest BCUT2D eigenvalue weighted by Crippen LogP contribution is -2.53. The zero-order valence-corrected chi connectivity index (χ0v) is 33.9. The summed E-state index contributed by atoms with van der Waals surface area (Å²) in [7, 11) is 0. The highest BCUT2D eigenvalue weighted by Gasteiger charge is 2.39. The second-order valence-corrected chi connectivity index (χ2v) is 19.0. The third-order valence-electron chi connectivity index (χ3n) is 12.3. The van der Waals surface area contributed by atoms with Gasteiger partial charge in [-0.2, -0.15) is 0 Å². The number of hydrogen-bond acceptors (Lipinski definition) is 2. The lowest BCUT2D eigenvalue weighted by Gasteiger charge is -2.42. The lowest BCUT2D eigenvalue weighted by molar-refractivity contribution is 0.332. The molecule has 0 fully saturated rings. The first-order valence-electron chi connectivity index (χ1n) is 19.8. The highest BCUT2D eigenvalue weighted by atomic mass is 32.1. The van der Waals surface area contributed by atoms with Crippen LogP contribution >= 0.6 is 11.3 Å². The number of para-hydroxylation sites is 1. The van der Waals surface area contributed by atoms with Crippen LogP contribution in [0.4, 0.5) is 17.1 Å². The standard InChI is InChI=1S/C52H48BNS/c1-50(2,3)37-24-22-35(23-25-37)43-33-36-32-41(54(39-16-10-8-11-17-39)40-18-12-9-13-19-40)27-29-46(36)53(49-48(43)42-20-14-15-21-47(42)55-49)38-26-28-44-45(34-38)52(6,7)31-30-51(44,4)5/h8-12,14-18,20-29,32-34H,30-31H2,1-7H3. The Morgan fingerprint density at radius 2 is 1.42 bits per heavy atom. The summed E-state index contributed by atoms with van der Waals surface area (Å²) in [5.41, 5.74) is 15.7. The number of thiophene rings is 1. The Kier molecular flexibility index (Phi) is 8.49. The van der Waals surface area contributed by atoms with Crippen LogP contribution in [0.1, 0.15) is 94.7 Å². The van der Waals surface area contributed by atoms with Crippen molar-refractivity contribution in [2.24, 2.45) is 0 Å². The van der Waals surface area contributed by atoms with E-state index in [1.807, 2.05) is 23.5 Å². The van der Waals surface area contributed by atoms with Gasteiger partial charge in [0.1, 0.15) is 0 Å². The van der Waals surface area contributed by atoms with Gasteiger partial charge in [0.2, 0.25) is 0 Å². The molecule has 3 heteroatoms. The Bertz CT molecular complexity index is 2530. The van der Waals surface area contributed by atoms with Crippen molar-refractivity contribution in [3.63, 3.8) is 0 Å². The minimum absolute atomic E-state index is 0.0620. The van der Waals surface area contributed by atoms with Crippen molar-refractivity contribution >= 4 is 72.5 Å². The zero-order chi connectivity index (χ0) is 38.1. The van der Waals surface area contributed by atoms with Crippen LogP contribution in [0, 0.1) is 12.1 Å². The topological polar surface area (TPSA) is 3.24 Å². The second kappa shape index (κ2) is 13.2. The van der Waals surface area contributed by atoms with Gasteiger partial charge in [-0.15, -0.1) is 11.3 Å². The largest absolute Gasteiger partial charge is 0.303 e. The fourth-order valence-corrected chi connectivity index (χ4v) is 10.3. The van der Waals surface area contributed by atoms with E-state index in [0.29, 0.717) is 0 Å². The average Bonchev–Trinajstić information content (AvgIpc) is 3.49. The maximum absolute atomic E-state index is 3.40. The maximum Gasteiger partial charge on any atom is 0.255 e. The maximum atomic E-state index is 3.40. The van der Waals surface area contributed by atoms with E-state index in [0.717, 1.165) is 17.1 Å². The van der Waals surface area contributed by atoms with E-state index < -0.39 is 0 Å².